The van der Waals surface area contributed by atoms with Crippen LogP contribution in [0.5, 0.6) is 0 Å². The van der Waals surface area contributed by atoms with Crippen LogP contribution in [0.3, 0.4) is 0 Å². The summed E-state index contributed by atoms with van der Waals surface area (Å²) >= 11 is 0. The minimum atomic E-state index is -3.53. The maximum Gasteiger partial charge on any atom is 0.181 e. The molecule has 1 aromatic rings. The van der Waals surface area contributed by atoms with Crippen molar-refractivity contribution in [2.45, 2.75) is 11.1 Å². The van der Waals surface area contributed by atoms with E-state index in [1.165, 1.54) is 12.1 Å². The highest BCUT2D eigenvalue weighted by Gasteiger charge is 2.19. The number of sulfone groups is 1. The Labute approximate surface area is 82.7 Å². The molecular weight excluding hydrogens is 205 g/mol. The third-order valence-corrected chi connectivity index (χ3v) is 3.55. The first-order valence-corrected chi connectivity index (χ1v) is 5.83. The van der Waals surface area contributed by atoms with E-state index in [9.17, 15) is 12.8 Å². The maximum atomic E-state index is 12.8. The standard InChI is InChI=1S/C9H12FNO2S/c10-8(6-11)7-14(12,13)9-4-2-1-3-5-9/h1-5,8H,6-7,11H2. The van der Waals surface area contributed by atoms with Crippen LogP contribution in [0.4, 0.5) is 4.39 Å². The Morgan fingerprint density at radius 1 is 1.29 bits per heavy atom. The SMILES string of the molecule is NCC(F)CS(=O)(=O)c1ccccc1. The summed E-state index contributed by atoms with van der Waals surface area (Å²) in [7, 11) is -3.53. The van der Waals surface area contributed by atoms with Gasteiger partial charge in [-0.25, -0.2) is 12.8 Å². The number of hydrogen-bond donors (Lipinski definition) is 1. The summed E-state index contributed by atoms with van der Waals surface area (Å²) in [5.41, 5.74) is 5.02. The molecule has 2 N–H and O–H groups in total. The fraction of sp³-hybridized carbons (Fsp3) is 0.333. The van der Waals surface area contributed by atoms with Crippen LogP contribution < -0.4 is 5.73 Å². The molecule has 14 heavy (non-hydrogen) atoms. The first kappa shape index (κ1) is 11.1. The van der Waals surface area contributed by atoms with E-state index < -0.39 is 21.8 Å². The highest BCUT2D eigenvalue weighted by molar-refractivity contribution is 7.91. The molecule has 0 saturated carbocycles. The molecule has 0 aliphatic carbocycles. The molecule has 0 fully saturated rings. The van der Waals surface area contributed by atoms with Gasteiger partial charge in [0.25, 0.3) is 0 Å². The van der Waals surface area contributed by atoms with Crippen molar-refractivity contribution in [1.82, 2.24) is 0 Å². The second-order valence-electron chi connectivity index (χ2n) is 2.93. The number of nitrogens with two attached hydrogens (primary N) is 1. The Balaban J connectivity index is 2.87. The molecule has 0 aliphatic rings. The Morgan fingerprint density at radius 3 is 2.36 bits per heavy atom. The highest BCUT2D eigenvalue weighted by atomic mass is 32.2. The normalized spacial score (nSPS) is 13.9. The zero-order valence-corrected chi connectivity index (χ0v) is 8.37. The van der Waals surface area contributed by atoms with Crippen molar-refractivity contribution in [2.24, 2.45) is 5.73 Å². The third kappa shape index (κ3) is 2.78. The van der Waals surface area contributed by atoms with Gasteiger partial charge in [0.2, 0.25) is 0 Å². The summed E-state index contributed by atoms with van der Waals surface area (Å²) in [6, 6.07) is 7.79. The predicted molar refractivity (Wildman–Crippen MR) is 52.4 cm³/mol. The van der Waals surface area contributed by atoms with Crippen LogP contribution in [0.15, 0.2) is 35.2 Å². The van der Waals surface area contributed by atoms with Crippen LogP contribution in [-0.4, -0.2) is 26.9 Å². The van der Waals surface area contributed by atoms with E-state index in [0.29, 0.717) is 0 Å². The average molecular weight is 217 g/mol. The Hall–Kier alpha value is -0.940. The molecule has 0 spiro atoms. The fourth-order valence-corrected chi connectivity index (χ4v) is 2.41. The van der Waals surface area contributed by atoms with Gasteiger partial charge in [0.05, 0.1) is 10.6 Å². The second kappa shape index (κ2) is 4.52. The van der Waals surface area contributed by atoms with E-state index in [1.807, 2.05) is 0 Å². The first-order valence-electron chi connectivity index (χ1n) is 4.18. The lowest BCUT2D eigenvalue weighted by Crippen LogP contribution is -2.24. The fourth-order valence-electron chi connectivity index (χ4n) is 1.03. The van der Waals surface area contributed by atoms with Crippen molar-refractivity contribution in [2.75, 3.05) is 12.3 Å². The predicted octanol–water partition coefficient (Wildman–Crippen LogP) is 0.757. The minimum Gasteiger partial charge on any atom is -0.328 e. The van der Waals surface area contributed by atoms with Gasteiger partial charge < -0.3 is 5.73 Å². The van der Waals surface area contributed by atoms with Gasteiger partial charge in [-0.05, 0) is 12.1 Å². The van der Waals surface area contributed by atoms with Crippen LogP contribution in [0, 0.1) is 0 Å². The number of alkyl halides is 1. The summed E-state index contributed by atoms with van der Waals surface area (Å²) in [4.78, 5) is 0.135. The Bertz CT molecular complexity index is 377. The number of halogens is 1. The van der Waals surface area contributed by atoms with Crippen molar-refractivity contribution in [3.8, 4) is 0 Å². The molecule has 1 unspecified atom stereocenters. The Morgan fingerprint density at radius 2 is 1.86 bits per heavy atom. The maximum absolute atomic E-state index is 12.8. The van der Waals surface area contributed by atoms with Crippen LogP contribution >= 0.6 is 0 Å². The van der Waals surface area contributed by atoms with Crippen molar-refractivity contribution < 1.29 is 12.8 Å². The zero-order chi connectivity index (χ0) is 10.6. The molecule has 3 nitrogen and oxygen atoms in total. The molecule has 0 aliphatic heterocycles. The first-order chi connectivity index (χ1) is 6.56. The van der Waals surface area contributed by atoms with Crippen LogP contribution in [0.2, 0.25) is 0 Å². The van der Waals surface area contributed by atoms with Crippen LogP contribution in [0.25, 0.3) is 0 Å². The van der Waals surface area contributed by atoms with Crippen molar-refractivity contribution in [1.29, 1.82) is 0 Å². The third-order valence-electron chi connectivity index (χ3n) is 1.76. The van der Waals surface area contributed by atoms with Gasteiger partial charge in [0.1, 0.15) is 6.17 Å². The van der Waals surface area contributed by atoms with Gasteiger partial charge in [-0.1, -0.05) is 18.2 Å². The molecule has 1 atom stereocenters. The van der Waals surface area contributed by atoms with E-state index in [4.69, 9.17) is 5.73 Å². The average Bonchev–Trinajstić information content (AvgIpc) is 2.18. The number of rotatable bonds is 4. The molecule has 1 rings (SSSR count). The zero-order valence-electron chi connectivity index (χ0n) is 7.56. The van der Waals surface area contributed by atoms with Gasteiger partial charge in [0, 0.05) is 6.54 Å². The lowest BCUT2D eigenvalue weighted by molar-refractivity contribution is 0.370. The van der Waals surface area contributed by atoms with E-state index in [1.54, 1.807) is 18.2 Å². The van der Waals surface area contributed by atoms with Crippen LogP contribution in [0.1, 0.15) is 0 Å². The molecule has 0 amide bonds. The van der Waals surface area contributed by atoms with Crippen LogP contribution in [-0.2, 0) is 9.84 Å². The second-order valence-corrected chi connectivity index (χ2v) is 4.96. The molecule has 1 aromatic carbocycles. The molecule has 78 valence electrons. The molecule has 0 bridgehead atoms. The number of hydrogen-bond acceptors (Lipinski definition) is 3. The summed E-state index contributed by atoms with van der Waals surface area (Å²) in [5.74, 6) is -0.548. The smallest absolute Gasteiger partial charge is 0.181 e. The molecule has 0 aromatic heterocycles. The monoisotopic (exact) mass is 217 g/mol. The largest absolute Gasteiger partial charge is 0.328 e. The van der Waals surface area contributed by atoms with Gasteiger partial charge in [0.15, 0.2) is 9.84 Å². The lowest BCUT2D eigenvalue weighted by Gasteiger charge is -2.06. The lowest BCUT2D eigenvalue weighted by atomic mass is 10.4. The topological polar surface area (TPSA) is 60.2 Å². The molecular formula is C9H12FNO2S. The van der Waals surface area contributed by atoms with Gasteiger partial charge in [-0.2, -0.15) is 0 Å². The van der Waals surface area contributed by atoms with Gasteiger partial charge in [-0.15, -0.1) is 0 Å². The van der Waals surface area contributed by atoms with E-state index in [-0.39, 0.29) is 11.4 Å². The summed E-state index contributed by atoms with van der Waals surface area (Å²) < 4.78 is 35.8. The van der Waals surface area contributed by atoms with Gasteiger partial charge >= 0.3 is 0 Å². The van der Waals surface area contributed by atoms with Crippen molar-refractivity contribution in [3.63, 3.8) is 0 Å². The summed E-state index contributed by atoms with van der Waals surface area (Å²) in [5, 5.41) is 0. The molecule has 0 radical (unpaired) electrons. The van der Waals surface area contributed by atoms with Crippen molar-refractivity contribution in [3.05, 3.63) is 30.3 Å². The molecule has 0 saturated heterocycles. The molecule has 5 heteroatoms. The Kier molecular flexibility index (Phi) is 3.60. The minimum absolute atomic E-state index is 0.135. The number of benzene rings is 1. The quantitative estimate of drug-likeness (QED) is 0.809. The van der Waals surface area contributed by atoms with E-state index in [2.05, 4.69) is 0 Å². The summed E-state index contributed by atoms with van der Waals surface area (Å²) in [6.45, 7) is -0.272. The van der Waals surface area contributed by atoms with Crippen molar-refractivity contribution >= 4 is 9.84 Å². The van der Waals surface area contributed by atoms with E-state index >= 15 is 0 Å². The van der Waals surface area contributed by atoms with E-state index in [0.717, 1.165) is 0 Å². The highest BCUT2D eigenvalue weighted by Crippen LogP contribution is 2.11. The molecule has 0 heterocycles. The van der Waals surface area contributed by atoms with Gasteiger partial charge in [-0.3, -0.25) is 0 Å². The summed E-state index contributed by atoms with van der Waals surface area (Å²) in [6.07, 6.45) is -1.50.